The summed E-state index contributed by atoms with van der Waals surface area (Å²) in [7, 11) is 0. The molecule has 84 valence electrons. The fourth-order valence-electron chi connectivity index (χ4n) is 1.10. The van der Waals surface area contributed by atoms with Crippen molar-refractivity contribution in [1.29, 1.82) is 0 Å². The maximum Gasteiger partial charge on any atom is 0.224 e. The topological polar surface area (TPSA) is 63.8 Å². The minimum Gasteiger partial charge on any atom is -0.394 e. The smallest absolute Gasteiger partial charge is 0.224 e. The Morgan fingerprint density at radius 2 is 2.13 bits per heavy atom. The van der Waals surface area contributed by atoms with Gasteiger partial charge in [0.2, 0.25) is 5.28 Å². The fourth-order valence-corrected chi connectivity index (χ4v) is 1.31. The second-order valence-corrected chi connectivity index (χ2v) is 4.07. The van der Waals surface area contributed by atoms with Gasteiger partial charge in [0.05, 0.1) is 11.4 Å². The molecule has 0 aliphatic heterocycles. The summed E-state index contributed by atoms with van der Waals surface area (Å²) in [5.74, 6) is 1.21. The molecule has 15 heavy (non-hydrogen) atoms. The van der Waals surface area contributed by atoms with Gasteiger partial charge in [0, 0.05) is 6.54 Å². The lowest BCUT2D eigenvalue weighted by Crippen LogP contribution is -2.13. The van der Waals surface area contributed by atoms with Crippen molar-refractivity contribution in [2.24, 2.45) is 5.92 Å². The van der Waals surface area contributed by atoms with Gasteiger partial charge in [0.25, 0.3) is 0 Å². The lowest BCUT2D eigenvalue weighted by Gasteiger charge is -2.13. The van der Waals surface area contributed by atoms with Crippen LogP contribution in [-0.4, -0.2) is 16.5 Å². The number of nitrogens with two attached hydrogens (primary N) is 1. The van der Waals surface area contributed by atoms with Gasteiger partial charge in [-0.3, -0.25) is 0 Å². The van der Waals surface area contributed by atoms with Gasteiger partial charge in [0.1, 0.15) is 0 Å². The van der Waals surface area contributed by atoms with Crippen LogP contribution < -0.4 is 11.1 Å². The van der Waals surface area contributed by atoms with Gasteiger partial charge in [-0.25, -0.2) is 4.98 Å². The number of rotatable bonds is 4. The third-order valence-electron chi connectivity index (χ3n) is 2.42. The van der Waals surface area contributed by atoms with Gasteiger partial charge in [-0.15, -0.1) is 0 Å². The van der Waals surface area contributed by atoms with E-state index in [0.717, 1.165) is 13.0 Å². The summed E-state index contributed by atoms with van der Waals surface area (Å²) in [6.07, 6.45) is 1.12. The Labute approximate surface area is 95.3 Å². The van der Waals surface area contributed by atoms with Gasteiger partial charge in [-0.2, -0.15) is 4.98 Å². The molecule has 1 unspecified atom stereocenters. The standard InChI is InChI=1S/C10H17ClN4/c1-4-6(2)5-13-9-8(12)7(3)14-10(11)15-9/h6H,4-5,12H2,1-3H3,(H,13,14,15). The summed E-state index contributed by atoms with van der Waals surface area (Å²) in [4.78, 5) is 8.03. The van der Waals surface area contributed by atoms with Crippen molar-refractivity contribution in [3.05, 3.63) is 11.0 Å². The maximum absolute atomic E-state index is 5.83. The Morgan fingerprint density at radius 3 is 2.73 bits per heavy atom. The minimum atomic E-state index is 0.230. The van der Waals surface area contributed by atoms with Gasteiger partial charge in [-0.05, 0) is 24.4 Å². The second-order valence-electron chi connectivity index (χ2n) is 3.73. The average Bonchev–Trinajstić information content (AvgIpc) is 2.20. The van der Waals surface area contributed by atoms with Crippen molar-refractivity contribution in [3.63, 3.8) is 0 Å². The zero-order chi connectivity index (χ0) is 11.4. The number of hydrogen-bond donors (Lipinski definition) is 2. The molecule has 1 aromatic heterocycles. The first-order chi connectivity index (χ1) is 7.04. The van der Waals surface area contributed by atoms with E-state index < -0.39 is 0 Å². The van der Waals surface area contributed by atoms with E-state index in [9.17, 15) is 0 Å². The van der Waals surface area contributed by atoms with Gasteiger partial charge in [0.15, 0.2) is 5.82 Å². The molecule has 0 amide bonds. The first kappa shape index (κ1) is 12.0. The van der Waals surface area contributed by atoms with Crippen molar-refractivity contribution < 1.29 is 0 Å². The molecule has 5 heteroatoms. The number of nitrogen functional groups attached to an aromatic ring is 1. The highest BCUT2D eigenvalue weighted by Gasteiger charge is 2.08. The maximum atomic E-state index is 5.83. The van der Waals surface area contributed by atoms with Crippen LogP contribution in [0.1, 0.15) is 26.0 Å². The summed E-state index contributed by atoms with van der Waals surface area (Å²) >= 11 is 5.75. The molecule has 1 heterocycles. The quantitative estimate of drug-likeness (QED) is 0.778. The number of halogens is 1. The highest BCUT2D eigenvalue weighted by Crippen LogP contribution is 2.20. The lowest BCUT2D eigenvalue weighted by atomic mass is 10.1. The second kappa shape index (κ2) is 5.16. The molecule has 0 aliphatic carbocycles. The van der Waals surface area contributed by atoms with E-state index >= 15 is 0 Å². The summed E-state index contributed by atoms with van der Waals surface area (Å²) in [5.41, 5.74) is 7.11. The molecule has 0 saturated heterocycles. The number of hydrogen-bond acceptors (Lipinski definition) is 4. The van der Waals surface area contributed by atoms with E-state index in [2.05, 4.69) is 29.1 Å². The third kappa shape index (κ3) is 3.23. The van der Waals surface area contributed by atoms with Gasteiger partial charge >= 0.3 is 0 Å². The van der Waals surface area contributed by atoms with Crippen LogP contribution in [0.4, 0.5) is 11.5 Å². The highest BCUT2D eigenvalue weighted by atomic mass is 35.5. The predicted molar refractivity (Wildman–Crippen MR) is 64.1 cm³/mol. The first-order valence-electron chi connectivity index (χ1n) is 5.08. The summed E-state index contributed by atoms with van der Waals surface area (Å²) in [6.45, 7) is 6.97. The van der Waals surface area contributed by atoms with Crippen LogP contribution in [0, 0.1) is 12.8 Å². The lowest BCUT2D eigenvalue weighted by molar-refractivity contribution is 0.592. The molecular weight excluding hydrogens is 212 g/mol. The minimum absolute atomic E-state index is 0.230. The van der Waals surface area contributed by atoms with Crippen molar-refractivity contribution in [1.82, 2.24) is 9.97 Å². The molecule has 4 nitrogen and oxygen atoms in total. The van der Waals surface area contributed by atoms with Crippen molar-refractivity contribution in [2.45, 2.75) is 27.2 Å². The molecule has 0 aromatic carbocycles. The predicted octanol–water partition coefficient (Wildman–Crippen LogP) is 2.48. The molecule has 0 radical (unpaired) electrons. The summed E-state index contributed by atoms with van der Waals surface area (Å²) in [6, 6.07) is 0. The zero-order valence-corrected chi connectivity index (χ0v) is 10.1. The molecule has 0 aliphatic rings. The highest BCUT2D eigenvalue weighted by molar-refractivity contribution is 6.28. The molecule has 1 rings (SSSR count). The van der Waals surface area contributed by atoms with Crippen molar-refractivity contribution in [3.8, 4) is 0 Å². The molecule has 0 bridgehead atoms. The summed E-state index contributed by atoms with van der Waals surface area (Å²) < 4.78 is 0. The number of nitrogens with one attached hydrogen (secondary N) is 1. The summed E-state index contributed by atoms with van der Waals surface area (Å²) in [5, 5.41) is 3.41. The number of anilines is 2. The van der Waals surface area contributed by atoms with E-state index in [-0.39, 0.29) is 5.28 Å². The third-order valence-corrected chi connectivity index (χ3v) is 2.59. The van der Waals surface area contributed by atoms with E-state index in [1.165, 1.54) is 0 Å². The number of aryl methyl sites for hydroxylation is 1. The van der Waals surface area contributed by atoms with Crippen LogP contribution in [0.25, 0.3) is 0 Å². The molecule has 3 N–H and O–H groups in total. The Balaban J connectivity index is 2.76. The van der Waals surface area contributed by atoms with E-state index in [1.807, 2.05) is 6.92 Å². The van der Waals surface area contributed by atoms with E-state index in [4.69, 9.17) is 17.3 Å². The van der Waals surface area contributed by atoms with Gasteiger partial charge in [-0.1, -0.05) is 20.3 Å². The first-order valence-corrected chi connectivity index (χ1v) is 5.45. The number of aromatic nitrogens is 2. The largest absolute Gasteiger partial charge is 0.394 e. The number of nitrogens with zero attached hydrogens (tertiary/aromatic N) is 2. The van der Waals surface area contributed by atoms with Crippen LogP contribution in [-0.2, 0) is 0 Å². The van der Waals surface area contributed by atoms with Crippen LogP contribution in [0.15, 0.2) is 0 Å². The molecule has 0 fully saturated rings. The zero-order valence-electron chi connectivity index (χ0n) is 9.34. The molecule has 0 saturated carbocycles. The normalized spacial score (nSPS) is 12.5. The molecule has 1 atom stereocenters. The van der Waals surface area contributed by atoms with Crippen LogP contribution >= 0.6 is 11.6 Å². The monoisotopic (exact) mass is 228 g/mol. The fraction of sp³-hybridized carbons (Fsp3) is 0.600. The van der Waals surface area contributed by atoms with Crippen molar-refractivity contribution in [2.75, 3.05) is 17.6 Å². The van der Waals surface area contributed by atoms with E-state index in [1.54, 1.807) is 0 Å². The Hall–Kier alpha value is -1.03. The Kier molecular flexibility index (Phi) is 4.15. The van der Waals surface area contributed by atoms with Crippen LogP contribution in [0.2, 0.25) is 5.28 Å². The van der Waals surface area contributed by atoms with Gasteiger partial charge < -0.3 is 11.1 Å². The SMILES string of the molecule is CCC(C)CNc1nc(Cl)nc(C)c1N. The average molecular weight is 229 g/mol. The van der Waals surface area contributed by atoms with Crippen molar-refractivity contribution >= 4 is 23.1 Å². The Morgan fingerprint density at radius 1 is 1.47 bits per heavy atom. The van der Waals surface area contributed by atoms with Crippen LogP contribution in [0.5, 0.6) is 0 Å². The Bertz CT molecular complexity index is 340. The molecular formula is C10H17ClN4. The van der Waals surface area contributed by atoms with Crippen LogP contribution in [0.3, 0.4) is 0 Å². The van der Waals surface area contributed by atoms with E-state index in [0.29, 0.717) is 23.1 Å². The molecule has 0 spiro atoms. The molecule has 1 aromatic rings.